The van der Waals surface area contributed by atoms with E-state index in [4.69, 9.17) is 9.47 Å². The van der Waals surface area contributed by atoms with Gasteiger partial charge in [-0.3, -0.25) is 4.79 Å². The average Bonchev–Trinajstić information content (AvgIpc) is 3.14. The largest absolute Gasteiger partial charge is 0.394 e. The van der Waals surface area contributed by atoms with Crippen molar-refractivity contribution in [3.8, 4) is 0 Å². The first-order valence-corrected chi connectivity index (χ1v) is 20.2. The highest BCUT2D eigenvalue weighted by molar-refractivity contribution is 5.76. The molecule has 0 radical (unpaired) electrons. The first-order chi connectivity index (χ1) is 25.3. The number of aliphatic hydroxyl groups excluding tert-OH is 5. The molecule has 1 heterocycles. The lowest BCUT2D eigenvalue weighted by Gasteiger charge is -2.40. The smallest absolute Gasteiger partial charge is 0.220 e. The summed E-state index contributed by atoms with van der Waals surface area (Å²) in [5.41, 5.74) is 0. The summed E-state index contributed by atoms with van der Waals surface area (Å²) >= 11 is 0. The molecular weight excluding hydrogens is 658 g/mol. The van der Waals surface area contributed by atoms with E-state index in [0.29, 0.717) is 6.42 Å². The molecule has 1 saturated heterocycles. The zero-order chi connectivity index (χ0) is 38.1. The van der Waals surface area contributed by atoms with Crippen LogP contribution < -0.4 is 5.32 Å². The van der Waals surface area contributed by atoms with Gasteiger partial charge in [0.1, 0.15) is 24.4 Å². The van der Waals surface area contributed by atoms with Crippen molar-refractivity contribution in [2.75, 3.05) is 13.2 Å². The Balaban J connectivity index is 2.47. The lowest BCUT2D eigenvalue weighted by atomic mass is 9.99. The minimum absolute atomic E-state index is 0.215. The highest BCUT2D eigenvalue weighted by Crippen LogP contribution is 2.22. The van der Waals surface area contributed by atoms with Crippen molar-refractivity contribution in [2.45, 2.75) is 179 Å². The number of aliphatic hydroxyl groups is 5. The third-order valence-corrected chi connectivity index (χ3v) is 9.01. The van der Waals surface area contributed by atoms with E-state index in [1.807, 2.05) is 6.08 Å². The number of allylic oxidation sites excluding steroid dienone is 11. The Morgan fingerprint density at radius 2 is 1.21 bits per heavy atom. The third kappa shape index (κ3) is 24.0. The monoisotopic (exact) mass is 732 g/mol. The van der Waals surface area contributed by atoms with Crippen molar-refractivity contribution in [2.24, 2.45) is 0 Å². The lowest BCUT2D eigenvalue weighted by molar-refractivity contribution is -0.302. The topological polar surface area (TPSA) is 149 Å². The van der Waals surface area contributed by atoms with Crippen molar-refractivity contribution in [3.05, 3.63) is 72.9 Å². The molecule has 0 bridgehead atoms. The molecule has 298 valence electrons. The molecule has 1 aliphatic heterocycles. The Labute approximate surface area is 315 Å². The van der Waals surface area contributed by atoms with Crippen LogP contribution in [0.25, 0.3) is 0 Å². The summed E-state index contributed by atoms with van der Waals surface area (Å²) in [4.78, 5) is 12.9. The number of rotatable bonds is 31. The highest BCUT2D eigenvalue weighted by atomic mass is 16.7. The summed E-state index contributed by atoms with van der Waals surface area (Å²) in [7, 11) is 0. The Morgan fingerprint density at radius 1 is 0.673 bits per heavy atom. The van der Waals surface area contributed by atoms with Gasteiger partial charge in [0.05, 0.1) is 25.4 Å². The Bertz CT molecular complexity index is 1040. The molecule has 0 aromatic carbocycles. The van der Waals surface area contributed by atoms with Gasteiger partial charge in [0.25, 0.3) is 0 Å². The maximum absolute atomic E-state index is 12.9. The van der Waals surface area contributed by atoms with Crippen LogP contribution in [0.15, 0.2) is 72.9 Å². The maximum Gasteiger partial charge on any atom is 0.220 e. The summed E-state index contributed by atoms with van der Waals surface area (Å²) in [6.07, 6.45) is 36.6. The van der Waals surface area contributed by atoms with E-state index in [0.717, 1.165) is 77.0 Å². The molecule has 0 aliphatic carbocycles. The predicted octanol–water partition coefficient (Wildman–Crippen LogP) is 7.44. The minimum Gasteiger partial charge on any atom is -0.394 e. The molecule has 0 saturated carbocycles. The molecule has 6 N–H and O–H groups in total. The van der Waals surface area contributed by atoms with E-state index < -0.39 is 49.5 Å². The normalized spacial score (nSPS) is 22.6. The maximum atomic E-state index is 12.9. The Kier molecular flexibility index (Phi) is 30.4. The van der Waals surface area contributed by atoms with Crippen LogP contribution in [0, 0.1) is 0 Å². The van der Waals surface area contributed by atoms with Crippen LogP contribution in [0.2, 0.25) is 0 Å². The first kappa shape index (κ1) is 47.7. The van der Waals surface area contributed by atoms with Gasteiger partial charge >= 0.3 is 0 Å². The molecule has 52 heavy (non-hydrogen) atoms. The van der Waals surface area contributed by atoms with E-state index in [-0.39, 0.29) is 12.5 Å². The second-order valence-electron chi connectivity index (χ2n) is 13.7. The van der Waals surface area contributed by atoms with Crippen LogP contribution in [0.4, 0.5) is 0 Å². The van der Waals surface area contributed by atoms with Crippen LogP contribution in [0.3, 0.4) is 0 Å². The summed E-state index contributed by atoms with van der Waals surface area (Å²) in [6, 6.07) is -0.836. The SMILES string of the molecule is CC/C=C\C/C=C\C/C=C\C/C=C\CCCCCCC(=O)NC(COC1OC(CO)C(O)C(O)C1O)C(O)/C=C/CC/C=C/CCCCCCCC. The number of amides is 1. The average molecular weight is 732 g/mol. The zero-order valence-corrected chi connectivity index (χ0v) is 32.3. The zero-order valence-electron chi connectivity index (χ0n) is 32.3. The van der Waals surface area contributed by atoms with Crippen LogP contribution in [-0.4, -0.2) is 87.5 Å². The van der Waals surface area contributed by atoms with E-state index in [1.54, 1.807) is 6.08 Å². The van der Waals surface area contributed by atoms with Gasteiger partial charge in [0.15, 0.2) is 6.29 Å². The summed E-state index contributed by atoms with van der Waals surface area (Å²) in [5, 5.41) is 53.9. The molecule has 1 rings (SSSR count). The number of hydrogen-bond donors (Lipinski definition) is 6. The number of unbranched alkanes of at least 4 members (excludes halogenated alkanes) is 11. The number of ether oxygens (including phenoxy) is 2. The van der Waals surface area contributed by atoms with Gasteiger partial charge in [-0.1, -0.05) is 132 Å². The molecule has 0 aromatic rings. The number of carbonyl (C=O) groups is 1. The summed E-state index contributed by atoms with van der Waals surface area (Å²) in [6.45, 7) is 3.57. The molecule has 1 amide bonds. The van der Waals surface area contributed by atoms with Crippen LogP contribution in [0.1, 0.15) is 136 Å². The summed E-state index contributed by atoms with van der Waals surface area (Å²) < 4.78 is 11.1. The van der Waals surface area contributed by atoms with Crippen LogP contribution >= 0.6 is 0 Å². The van der Waals surface area contributed by atoms with Crippen molar-refractivity contribution in [1.82, 2.24) is 5.32 Å². The van der Waals surface area contributed by atoms with E-state index >= 15 is 0 Å². The fraction of sp³-hybridized carbons (Fsp3) is 0.698. The van der Waals surface area contributed by atoms with Gasteiger partial charge in [0.2, 0.25) is 5.91 Å². The fourth-order valence-electron chi connectivity index (χ4n) is 5.75. The van der Waals surface area contributed by atoms with Crippen molar-refractivity contribution < 1.29 is 39.8 Å². The van der Waals surface area contributed by atoms with Crippen LogP contribution in [-0.2, 0) is 14.3 Å². The van der Waals surface area contributed by atoms with Gasteiger partial charge in [-0.2, -0.15) is 0 Å². The minimum atomic E-state index is -1.58. The molecule has 0 spiro atoms. The van der Waals surface area contributed by atoms with Crippen molar-refractivity contribution in [1.29, 1.82) is 0 Å². The predicted molar refractivity (Wildman–Crippen MR) is 212 cm³/mol. The first-order valence-electron chi connectivity index (χ1n) is 20.2. The van der Waals surface area contributed by atoms with E-state index in [1.165, 1.54) is 38.5 Å². The molecular formula is C43H73NO8. The molecule has 1 aliphatic rings. The van der Waals surface area contributed by atoms with Crippen molar-refractivity contribution in [3.63, 3.8) is 0 Å². The third-order valence-electron chi connectivity index (χ3n) is 9.01. The molecule has 9 heteroatoms. The second kappa shape index (κ2) is 33.2. The van der Waals surface area contributed by atoms with Gasteiger partial charge < -0.3 is 40.3 Å². The lowest BCUT2D eigenvalue weighted by Crippen LogP contribution is -2.60. The number of hydrogen-bond acceptors (Lipinski definition) is 8. The number of nitrogens with one attached hydrogen (secondary N) is 1. The van der Waals surface area contributed by atoms with E-state index in [2.05, 4.69) is 79.9 Å². The molecule has 1 fully saturated rings. The van der Waals surface area contributed by atoms with Crippen LogP contribution in [0.5, 0.6) is 0 Å². The standard InChI is InChI=1S/C43H73NO8/c1-3-5-7-9-11-13-15-17-18-19-20-21-23-25-27-29-31-33-39(47)44-36(35-51-43-42(50)41(49)40(48)38(34-45)52-43)37(46)32-30-28-26-24-22-16-14-12-10-8-6-4-2/h5,7,11,13,17-18,20-22,24,30,32,36-38,40-43,45-46,48-50H,3-4,6,8-10,12,14-16,19,23,25-29,31,33-35H2,1-2H3,(H,44,47)/b7-5-,13-11-,18-17-,21-20-,24-22+,32-30+. The van der Waals surface area contributed by atoms with Gasteiger partial charge in [-0.05, 0) is 70.6 Å². The van der Waals surface area contributed by atoms with Crippen molar-refractivity contribution >= 4 is 5.91 Å². The van der Waals surface area contributed by atoms with Gasteiger partial charge in [0, 0.05) is 6.42 Å². The molecule has 7 unspecified atom stereocenters. The van der Waals surface area contributed by atoms with E-state index in [9.17, 15) is 30.3 Å². The summed E-state index contributed by atoms with van der Waals surface area (Å²) in [5.74, 6) is -0.216. The Morgan fingerprint density at radius 3 is 1.85 bits per heavy atom. The number of carbonyl (C=O) groups excluding carboxylic acids is 1. The highest BCUT2D eigenvalue weighted by Gasteiger charge is 2.44. The second-order valence-corrected chi connectivity index (χ2v) is 13.7. The molecule has 0 aromatic heterocycles. The molecule has 9 nitrogen and oxygen atoms in total. The quantitative estimate of drug-likeness (QED) is 0.0319. The molecule has 7 atom stereocenters. The van der Waals surface area contributed by atoms with Gasteiger partial charge in [-0.15, -0.1) is 0 Å². The Hall–Kier alpha value is -2.37. The fourth-order valence-corrected chi connectivity index (χ4v) is 5.75. The van der Waals surface area contributed by atoms with Gasteiger partial charge in [-0.25, -0.2) is 0 Å².